The van der Waals surface area contributed by atoms with E-state index in [4.69, 9.17) is 4.74 Å². The van der Waals surface area contributed by atoms with Gasteiger partial charge in [0.15, 0.2) is 0 Å². The molecule has 3 heteroatoms. The third-order valence-corrected chi connectivity index (χ3v) is 4.69. The quantitative estimate of drug-likeness (QED) is 0.290. The van der Waals surface area contributed by atoms with Crippen molar-refractivity contribution < 1.29 is 4.74 Å². The minimum Gasteiger partial charge on any atom is -0.372 e. The van der Waals surface area contributed by atoms with Crippen molar-refractivity contribution in [2.75, 3.05) is 45.9 Å². The summed E-state index contributed by atoms with van der Waals surface area (Å²) in [6.07, 6.45) is 12.4. The van der Waals surface area contributed by atoms with Crippen molar-refractivity contribution >= 4 is 0 Å². The predicted molar refractivity (Wildman–Crippen MR) is 112 cm³/mol. The molecule has 150 valence electrons. The van der Waals surface area contributed by atoms with Crippen LogP contribution in [0.15, 0.2) is 12.7 Å². The van der Waals surface area contributed by atoms with Crippen LogP contribution in [0.5, 0.6) is 0 Å². The second-order valence-corrected chi connectivity index (χ2v) is 7.26. The van der Waals surface area contributed by atoms with Crippen molar-refractivity contribution in [2.45, 2.75) is 85.2 Å². The number of ether oxygens (including phenoxy) is 1. The zero-order valence-electron chi connectivity index (χ0n) is 17.8. The van der Waals surface area contributed by atoms with Crippen molar-refractivity contribution in [1.82, 2.24) is 9.80 Å². The molecule has 0 aromatic carbocycles. The molecule has 0 fully saturated rings. The van der Waals surface area contributed by atoms with E-state index in [1.54, 1.807) is 0 Å². The average Bonchev–Trinajstić information content (AvgIpc) is 2.63. The van der Waals surface area contributed by atoms with Gasteiger partial charge in [0, 0.05) is 13.1 Å². The second-order valence-electron chi connectivity index (χ2n) is 7.26. The van der Waals surface area contributed by atoms with Gasteiger partial charge in [0.1, 0.15) is 0 Å². The summed E-state index contributed by atoms with van der Waals surface area (Å²) in [7, 11) is 0. The fourth-order valence-electron chi connectivity index (χ4n) is 3.06. The molecule has 0 bridgehead atoms. The lowest BCUT2D eigenvalue weighted by atomic mass is 10.2. The lowest BCUT2D eigenvalue weighted by Gasteiger charge is -2.31. The molecule has 0 aliphatic rings. The number of rotatable bonds is 19. The maximum atomic E-state index is 6.17. The van der Waals surface area contributed by atoms with Gasteiger partial charge in [-0.15, -0.1) is 6.58 Å². The molecule has 3 nitrogen and oxygen atoms in total. The maximum Gasteiger partial charge on any atom is 0.0832 e. The largest absolute Gasteiger partial charge is 0.372 e. The van der Waals surface area contributed by atoms with Crippen LogP contribution in [0, 0.1) is 0 Å². The molecule has 0 spiro atoms. The van der Waals surface area contributed by atoms with Gasteiger partial charge in [0.2, 0.25) is 0 Å². The Morgan fingerprint density at radius 3 is 1.36 bits per heavy atom. The first-order valence-electron chi connectivity index (χ1n) is 10.9. The molecule has 25 heavy (non-hydrogen) atoms. The number of unbranched alkanes of at least 4 members (excludes halogenated alkanes) is 4. The number of hydrogen-bond donors (Lipinski definition) is 0. The minimum atomic E-state index is 0.292. The highest BCUT2D eigenvalue weighted by Crippen LogP contribution is 2.08. The molecule has 0 rings (SSSR count). The first-order valence-corrected chi connectivity index (χ1v) is 10.9. The molecule has 0 atom stereocenters. The molecular weight excluding hydrogens is 308 g/mol. The number of hydrogen-bond acceptors (Lipinski definition) is 3. The second kappa shape index (κ2) is 18.4. The fraction of sp³-hybridized carbons (Fsp3) is 0.909. The predicted octanol–water partition coefficient (Wildman–Crippen LogP) is 5.36. The molecule has 0 aromatic heterocycles. The highest BCUT2D eigenvalue weighted by atomic mass is 16.5. The fourth-order valence-corrected chi connectivity index (χ4v) is 3.06. The monoisotopic (exact) mass is 354 g/mol. The van der Waals surface area contributed by atoms with Gasteiger partial charge in [0.05, 0.1) is 12.7 Å². The zero-order chi connectivity index (χ0) is 18.8. The molecule has 0 amide bonds. The normalized spacial score (nSPS) is 11.8. The molecule has 0 unspecified atom stereocenters. The van der Waals surface area contributed by atoms with Crippen LogP contribution in [-0.2, 0) is 4.74 Å². The van der Waals surface area contributed by atoms with Gasteiger partial charge in [-0.1, -0.05) is 59.5 Å². The lowest BCUT2D eigenvalue weighted by Crippen LogP contribution is -2.43. The van der Waals surface area contributed by atoms with Gasteiger partial charge >= 0.3 is 0 Å². The summed E-state index contributed by atoms with van der Waals surface area (Å²) in [5.41, 5.74) is 0. The Kier molecular flexibility index (Phi) is 18.1. The van der Waals surface area contributed by atoms with Crippen LogP contribution in [0.3, 0.4) is 0 Å². The lowest BCUT2D eigenvalue weighted by molar-refractivity contribution is 0.0159. The summed E-state index contributed by atoms with van der Waals surface area (Å²) in [5.74, 6) is 0. The Balaban J connectivity index is 4.72. The summed E-state index contributed by atoms with van der Waals surface area (Å²) in [4.78, 5) is 5.25. The summed E-state index contributed by atoms with van der Waals surface area (Å²) >= 11 is 0. The van der Waals surface area contributed by atoms with Gasteiger partial charge in [-0.25, -0.2) is 0 Å². The van der Waals surface area contributed by atoms with Gasteiger partial charge in [0.25, 0.3) is 0 Å². The Morgan fingerprint density at radius 1 is 0.720 bits per heavy atom. The summed E-state index contributed by atoms with van der Waals surface area (Å²) in [5, 5.41) is 0. The Morgan fingerprint density at radius 2 is 1.08 bits per heavy atom. The van der Waals surface area contributed by atoms with Crippen molar-refractivity contribution in [1.29, 1.82) is 0 Å². The first kappa shape index (κ1) is 24.6. The Labute approximate surface area is 158 Å². The van der Waals surface area contributed by atoms with Gasteiger partial charge < -0.3 is 14.5 Å². The SMILES string of the molecule is C=CCOC(CN(CCCC)CCCC)CN(CCCC)CCCC. The molecule has 0 aromatic rings. The molecule has 0 saturated carbocycles. The third kappa shape index (κ3) is 14.5. The van der Waals surface area contributed by atoms with E-state index in [-0.39, 0.29) is 0 Å². The van der Waals surface area contributed by atoms with E-state index in [9.17, 15) is 0 Å². The van der Waals surface area contributed by atoms with E-state index in [0.29, 0.717) is 12.7 Å². The highest BCUT2D eigenvalue weighted by Gasteiger charge is 2.18. The van der Waals surface area contributed by atoms with Crippen molar-refractivity contribution in [3.8, 4) is 0 Å². The molecule has 0 aliphatic heterocycles. The van der Waals surface area contributed by atoms with Crippen LogP contribution in [0.1, 0.15) is 79.1 Å². The molecule has 0 heterocycles. The highest BCUT2D eigenvalue weighted by molar-refractivity contribution is 4.74. The Bertz CT molecular complexity index is 245. The number of nitrogens with zero attached hydrogens (tertiary/aromatic N) is 2. The molecular formula is C22H46N2O. The molecule has 0 saturated heterocycles. The van der Waals surface area contributed by atoms with Crippen molar-refractivity contribution in [2.24, 2.45) is 0 Å². The van der Waals surface area contributed by atoms with Crippen LogP contribution in [0.2, 0.25) is 0 Å². The topological polar surface area (TPSA) is 15.7 Å². The molecule has 0 radical (unpaired) electrons. The van der Waals surface area contributed by atoms with E-state index in [0.717, 1.165) is 13.1 Å². The summed E-state index contributed by atoms with van der Waals surface area (Å²) in [6.45, 7) is 20.5. The standard InChI is InChI=1S/C22H46N2O/c1-6-11-15-23(16-12-7-2)20-22(25-19-10-5)21-24(17-13-8-3)18-14-9-4/h10,22H,5-9,11-21H2,1-4H3. The van der Waals surface area contributed by atoms with Gasteiger partial charge in [-0.2, -0.15) is 0 Å². The van der Waals surface area contributed by atoms with E-state index in [2.05, 4.69) is 44.1 Å². The van der Waals surface area contributed by atoms with E-state index >= 15 is 0 Å². The van der Waals surface area contributed by atoms with Crippen LogP contribution < -0.4 is 0 Å². The average molecular weight is 355 g/mol. The van der Waals surface area contributed by atoms with Crippen LogP contribution in [0.25, 0.3) is 0 Å². The van der Waals surface area contributed by atoms with Crippen LogP contribution in [0.4, 0.5) is 0 Å². The van der Waals surface area contributed by atoms with E-state index < -0.39 is 0 Å². The first-order chi connectivity index (χ1) is 12.2. The van der Waals surface area contributed by atoms with Gasteiger partial charge in [-0.3, -0.25) is 0 Å². The van der Waals surface area contributed by atoms with Crippen LogP contribution >= 0.6 is 0 Å². The maximum absolute atomic E-state index is 6.17. The van der Waals surface area contributed by atoms with Crippen molar-refractivity contribution in [3.05, 3.63) is 12.7 Å². The summed E-state index contributed by atoms with van der Waals surface area (Å²) < 4.78 is 6.17. The Hall–Kier alpha value is -0.380. The molecule has 0 aliphatic carbocycles. The summed E-state index contributed by atoms with van der Waals surface area (Å²) in [6, 6.07) is 0. The zero-order valence-corrected chi connectivity index (χ0v) is 17.8. The van der Waals surface area contributed by atoms with E-state index in [1.807, 2.05) is 6.08 Å². The third-order valence-electron chi connectivity index (χ3n) is 4.69. The van der Waals surface area contributed by atoms with Gasteiger partial charge in [-0.05, 0) is 51.9 Å². The van der Waals surface area contributed by atoms with E-state index in [1.165, 1.54) is 77.5 Å². The smallest absolute Gasteiger partial charge is 0.0832 e. The minimum absolute atomic E-state index is 0.292. The van der Waals surface area contributed by atoms with Crippen molar-refractivity contribution in [3.63, 3.8) is 0 Å². The molecule has 0 N–H and O–H groups in total. The van der Waals surface area contributed by atoms with Crippen LogP contribution in [-0.4, -0.2) is 61.8 Å².